The number of anilines is 1. The number of para-hydroxylation sites is 2. The number of halogens is 2. The van der Waals surface area contributed by atoms with Gasteiger partial charge in [0.1, 0.15) is 11.3 Å². The van der Waals surface area contributed by atoms with Crippen LogP contribution in [0.15, 0.2) is 46.9 Å². The fourth-order valence-electron chi connectivity index (χ4n) is 4.32. The first kappa shape index (κ1) is 19.2. The molecule has 2 aromatic carbocycles. The van der Waals surface area contributed by atoms with Crippen LogP contribution in [0.5, 0.6) is 0 Å². The van der Waals surface area contributed by atoms with Crippen LogP contribution < -0.4 is 4.90 Å². The molecule has 0 unspecified atom stereocenters. The van der Waals surface area contributed by atoms with Gasteiger partial charge in [-0.05, 0) is 56.3 Å². The van der Waals surface area contributed by atoms with Gasteiger partial charge in [-0.15, -0.1) is 0 Å². The van der Waals surface area contributed by atoms with Crippen LogP contribution in [0, 0.1) is 5.82 Å². The molecule has 5 rings (SSSR count). The quantitative estimate of drug-likeness (QED) is 0.588. The highest BCUT2D eigenvalue weighted by atomic mass is 35.5. The first-order valence-electron chi connectivity index (χ1n) is 9.92. The van der Waals surface area contributed by atoms with E-state index in [0.29, 0.717) is 18.8 Å². The normalized spacial score (nSPS) is 21.1. The van der Waals surface area contributed by atoms with Crippen LogP contribution in [0.4, 0.5) is 10.1 Å². The molecule has 154 valence electrons. The van der Waals surface area contributed by atoms with Crippen molar-refractivity contribution in [2.75, 3.05) is 18.0 Å². The fourth-order valence-corrected chi connectivity index (χ4v) is 4.49. The Morgan fingerprint density at radius 1 is 1.10 bits per heavy atom. The summed E-state index contributed by atoms with van der Waals surface area (Å²) in [5.74, 6) is -0.255. The van der Waals surface area contributed by atoms with E-state index < -0.39 is 11.9 Å². The van der Waals surface area contributed by atoms with Gasteiger partial charge >= 0.3 is 0 Å². The fraction of sp³-hybridized carbons (Fsp3) is 0.318. The van der Waals surface area contributed by atoms with E-state index in [1.165, 1.54) is 12.1 Å². The Kier molecular flexibility index (Phi) is 4.79. The van der Waals surface area contributed by atoms with Crippen molar-refractivity contribution in [1.29, 1.82) is 0 Å². The lowest BCUT2D eigenvalue weighted by atomic mass is 9.95. The number of carbonyl (C=O) groups excluding carboxylic acids is 2. The lowest BCUT2D eigenvalue weighted by Crippen LogP contribution is -2.45. The van der Waals surface area contributed by atoms with Crippen LogP contribution in [0.1, 0.15) is 31.1 Å². The lowest BCUT2D eigenvalue weighted by Gasteiger charge is -2.33. The van der Waals surface area contributed by atoms with Crippen LogP contribution >= 0.6 is 11.6 Å². The van der Waals surface area contributed by atoms with E-state index in [-0.39, 0.29) is 29.2 Å². The smallest absolute Gasteiger partial charge is 0.251 e. The van der Waals surface area contributed by atoms with Gasteiger partial charge in [0.2, 0.25) is 5.91 Å². The van der Waals surface area contributed by atoms with Crippen LogP contribution in [-0.4, -0.2) is 40.8 Å². The summed E-state index contributed by atoms with van der Waals surface area (Å²) in [6.45, 7) is 1.34. The number of rotatable bonds is 3. The monoisotopic (exact) mass is 427 g/mol. The van der Waals surface area contributed by atoms with Gasteiger partial charge in [-0.2, -0.15) is 0 Å². The maximum Gasteiger partial charge on any atom is 0.251 e. The SMILES string of the molecule is O=C1C[C@@H](N2CCC(c3nc4ccccc4o3)CC2)C(=O)N1c1ccc(F)c(Cl)c1. The molecular formula is C22H19ClFN3O3. The summed E-state index contributed by atoms with van der Waals surface area (Å²) >= 11 is 5.83. The molecule has 2 aliphatic heterocycles. The maximum atomic E-state index is 13.5. The number of benzene rings is 2. The Labute approximate surface area is 177 Å². The van der Waals surface area contributed by atoms with E-state index in [0.717, 1.165) is 40.8 Å². The number of oxazole rings is 1. The van der Waals surface area contributed by atoms with Crippen molar-refractivity contribution >= 4 is 40.2 Å². The average molecular weight is 428 g/mol. The van der Waals surface area contributed by atoms with Gasteiger partial charge in [0, 0.05) is 5.92 Å². The van der Waals surface area contributed by atoms with Gasteiger partial charge in [0.05, 0.1) is 23.2 Å². The second-order valence-corrected chi connectivity index (χ2v) is 8.12. The van der Waals surface area contributed by atoms with Gasteiger partial charge < -0.3 is 4.42 Å². The number of nitrogens with zero attached hydrogens (tertiary/aromatic N) is 3. The highest BCUT2D eigenvalue weighted by Crippen LogP contribution is 2.34. The summed E-state index contributed by atoms with van der Waals surface area (Å²) in [5, 5.41) is -0.115. The number of likely N-dealkylation sites (tertiary alicyclic amines) is 1. The highest BCUT2D eigenvalue weighted by molar-refractivity contribution is 6.31. The lowest BCUT2D eigenvalue weighted by molar-refractivity contribution is -0.123. The molecule has 0 N–H and O–H groups in total. The Morgan fingerprint density at radius 2 is 1.87 bits per heavy atom. The highest BCUT2D eigenvalue weighted by Gasteiger charge is 2.44. The molecule has 1 aromatic heterocycles. The second kappa shape index (κ2) is 7.49. The van der Waals surface area contributed by atoms with E-state index in [9.17, 15) is 14.0 Å². The number of amides is 2. The number of carbonyl (C=O) groups is 2. The number of piperidine rings is 1. The minimum atomic E-state index is -0.586. The number of aromatic nitrogens is 1. The zero-order valence-corrected chi connectivity index (χ0v) is 16.8. The van der Waals surface area contributed by atoms with Crippen molar-refractivity contribution in [3.63, 3.8) is 0 Å². The summed E-state index contributed by atoms with van der Waals surface area (Å²) in [4.78, 5) is 33.3. The van der Waals surface area contributed by atoms with E-state index in [1.807, 2.05) is 29.2 Å². The van der Waals surface area contributed by atoms with Crippen molar-refractivity contribution in [2.24, 2.45) is 0 Å². The Bertz CT molecular complexity index is 1110. The van der Waals surface area contributed by atoms with Gasteiger partial charge in [-0.3, -0.25) is 14.5 Å². The van der Waals surface area contributed by atoms with Crippen molar-refractivity contribution in [2.45, 2.75) is 31.2 Å². The van der Waals surface area contributed by atoms with Crippen LogP contribution in [-0.2, 0) is 9.59 Å². The second-order valence-electron chi connectivity index (χ2n) is 7.72. The Hall–Kier alpha value is -2.77. The third-order valence-electron chi connectivity index (χ3n) is 5.91. The van der Waals surface area contributed by atoms with Gasteiger partial charge in [0.15, 0.2) is 11.5 Å². The third kappa shape index (κ3) is 3.28. The summed E-state index contributed by atoms with van der Waals surface area (Å²) in [6, 6.07) is 11.1. The number of fused-ring (bicyclic) bond motifs is 1. The molecule has 8 heteroatoms. The van der Waals surface area contributed by atoms with E-state index in [2.05, 4.69) is 4.98 Å². The van der Waals surface area contributed by atoms with Gasteiger partial charge in [-0.25, -0.2) is 14.3 Å². The van der Waals surface area contributed by atoms with E-state index in [4.69, 9.17) is 16.0 Å². The molecule has 3 heterocycles. The molecule has 0 aliphatic carbocycles. The molecule has 0 spiro atoms. The van der Waals surface area contributed by atoms with Crippen LogP contribution in [0.3, 0.4) is 0 Å². The zero-order chi connectivity index (χ0) is 20.8. The molecule has 3 aromatic rings. The summed E-state index contributed by atoms with van der Waals surface area (Å²) in [7, 11) is 0. The Balaban J connectivity index is 1.28. The van der Waals surface area contributed by atoms with Gasteiger partial charge in [-0.1, -0.05) is 23.7 Å². The molecule has 0 bridgehead atoms. The van der Waals surface area contributed by atoms with E-state index >= 15 is 0 Å². The minimum absolute atomic E-state index is 0.112. The van der Waals surface area contributed by atoms with Crippen molar-refractivity contribution in [1.82, 2.24) is 9.88 Å². The Morgan fingerprint density at radius 3 is 2.60 bits per heavy atom. The molecule has 2 fully saturated rings. The first-order valence-corrected chi connectivity index (χ1v) is 10.3. The summed E-state index contributed by atoms with van der Waals surface area (Å²) in [6.07, 6.45) is 1.71. The molecule has 2 amide bonds. The summed E-state index contributed by atoms with van der Waals surface area (Å²) in [5.41, 5.74) is 1.93. The molecule has 2 saturated heterocycles. The minimum Gasteiger partial charge on any atom is -0.440 e. The number of imide groups is 1. The number of hydrogen-bond acceptors (Lipinski definition) is 5. The molecule has 30 heavy (non-hydrogen) atoms. The molecule has 2 aliphatic rings. The molecule has 0 saturated carbocycles. The molecule has 6 nitrogen and oxygen atoms in total. The van der Waals surface area contributed by atoms with Crippen molar-refractivity contribution in [3.8, 4) is 0 Å². The standard InChI is InChI=1S/C22H19ClFN3O3/c23-15-11-14(5-6-16(15)24)27-20(28)12-18(22(27)29)26-9-7-13(8-10-26)21-25-17-3-1-2-4-19(17)30-21/h1-6,11,13,18H,7-10,12H2/t18-/m1/s1. The number of hydrogen-bond donors (Lipinski definition) is 0. The average Bonchev–Trinajstić information content (AvgIpc) is 3.31. The van der Waals surface area contributed by atoms with E-state index in [1.54, 1.807) is 0 Å². The van der Waals surface area contributed by atoms with Crippen molar-refractivity contribution in [3.05, 3.63) is 59.2 Å². The zero-order valence-electron chi connectivity index (χ0n) is 16.1. The van der Waals surface area contributed by atoms with Crippen molar-refractivity contribution < 1.29 is 18.4 Å². The topological polar surface area (TPSA) is 66.7 Å². The predicted molar refractivity (Wildman–Crippen MR) is 110 cm³/mol. The van der Waals surface area contributed by atoms with Crippen LogP contribution in [0.25, 0.3) is 11.1 Å². The predicted octanol–water partition coefficient (Wildman–Crippen LogP) is 4.13. The summed E-state index contributed by atoms with van der Waals surface area (Å²) < 4.78 is 19.4. The molecular weight excluding hydrogens is 409 g/mol. The first-order chi connectivity index (χ1) is 14.5. The molecule has 1 atom stereocenters. The maximum absolute atomic E-state index is 13.5. The molecule has 0 radical (unpaired) electrons. The van der Waals surface area contributed by atoms with Crippen LogP contribution in [0.2, 0.25) is 5.02 Å². The third-order valence-corrected chi connectivity index (χ3v) is 6.20. The largest absolute Gasteiger partial charge is 0.440 e. The van der Waals surface area contributed by atoms with Gasteiger partial charge in [0.25, 0.3) is 5.91 Å².